The van der Waals surface area contributed by atoms with Gasteiger partial charge in [0.2, 0.25) is 5.91 Å². The smallest absolute Gasteiger partial charge is 0.269 e. The Morgan fingerprint density at radius 1 is 1.07 bits per heavy atom. The summed E-state index contributed by atoms with van der Waals surface area (Å²) in [5, 5.41) is 13.5. The summed E-state index contributed by atoms with van der Waals surface area (Å²) in [6.07, 6.45) is 0. The van der Waals surface area contributed by atoms with Crippen molar-refractivity contribution in [3.8, 4) is 0 Å². The van der Waals surface area contributed by atoms with Crippen LogP contribution in [0.5, 0.6) is 0 Å². The largest absolute Gasteiger partial charge is 0.368 e. The summed E-state index contributed by atoms with van der Waals surface area (Å²) in [4.78, 5) is 39.3. The Morgan fingerprint density at radius 3 is 2.31 bits per heavy atom. The minimum Gasteiger partial charge on any atom is -0.368 e. The van der Waals surface area contributed by atoms with Crippen molar-refractivity contribution in [2.24, 2.45) is 0 Å². The number of rotatable bonds is 5. The molecular formula is C21H24N4O4. The molecule has 0 bridgehead atoms. The molecule has 0 spiro atoms. The van der Waals surface area contributed by atoms with Crippen LogP contribution in [0.4, 0.5) is 11.4 Å². The van der Waals surface area contributed by atoms with Gasteiger partial charge in [-0.15, -0.1) is 0 Å². The highest BCUT2D eigenvalue weighted by atomic mass is 16.6. The summed E-state index contributed by atoms with van der Waals surface area (Å²) >= 11 is 0. The van der Waals surface area contributed by atoms with Gasteiger partial charge >= 0.3 is 0 Å². The van der Waals surface area contributed by atoms with Crippen molar-refractivity contribution in [2.45, 2.75) is 19.9 Å². The molecule has 152 valence electrons. The number of nitro benzene ring substituents is 1. The van der Waals surface area contributed by atoms with Gasteiger partial charge in [0, 0.05) is 49.6 Å². The van der Waals surface area contributed by atoms with E-state index in [4.69, 9.17) is 0 Å². The maximum atomic E-state index is 12.7. The number of hydrogen-bond acceptors (Lipinski definition) is 5. The average Bonchev–Trinajstić information content (AvgIpc) is 2.73. The molecule has 1 aliphatic heterocycles. The number of hydrogen-bond donors (Lipinski definition) is 1. The normalized spacial score (nSPS) is 15.0. The van der Waals surface area contributed by atoms with Crippen LogP contribution in [-0.4, -0.2) is 53.9 Å². The fourth-order valence-electron chi connectivity index (χ4n) is 3.37. The zero-order valence-electron chi connectivity index (χ0n) is 16.5. The third-order valence-electron chi connectivity index (χ3n) is 5.02. The quantitative estimate of drug-likeness (QED) is 0.618. The predicted octanol–water partition coefficient (Wildman–Crippen LogP) is 2.37. The van der Waals surface area contributed by atoms with Crippen LogP contribution in [0.3, 0.4) is 0 Å². The highest BCUT2D eigenvalue weighted by molar-refractivity contribution is 5.97. The third-order valence-corrected chi connectivity index (χ3v) is 5.02. The Morgan fingerprint density at radius 2 is 1.72 bits per heavy atom. The number of carbonyl (C=O) groups excluding carboxylic acids is 2. The summed E-state index contributed by atoms with van der Waals surface area (Å²) < 4.78 is 0. The number of aryl methyl sites for hydroxylation is 1. The average molecular weight is 396 g/mol. The van der Waals surface area contributed by atoms with Crippen LogP contribution in [0, 0.1) is 17.0 Å². The topological polar surface area (TPSA) is 95.8 Å². The van der Waals surface area contributed by atoms with Crippen LogP contribution in [0.15, 0.2) is 48.5 Å². The zero-order valence-corrected chi connectivity index (χ0v) is 16.5. The lowest BCUT2D eigenvalue weighted by molar-refractivity contribution is -0.384. The Bertz CT molecular complexity index is 905. The number of nitrogens with one attached hydrogen (secondary N) is 1. The number of amides is 2. The SMILES string of the molecule is Cc1cccc(C(=O)NC(C)C(=O)N2CCN(c3ccc([N+](=O)[O-])cc3)CC2)c1. The monoisotopic (exact) mass is 396 g/mol. The Kier molecular flexibility index (Phi) is 6.11. The molecule has 1 atom stereocenters. The summed E-state index contributed by atoms with van der Waals surface area (Å²) in [5.74, 6) is -0.381. The lowest BCUT2D eigenvalue weighted by atomic mass is 10.1. The molecule has 2 aromatic carbocycles. The van der Waals surface area contributed by atoms with Crippen LogP contribution < -0.4 is 10.2 Å². The molecule has 1 saturated heterocycles. The molecule has 8 nitrogen and oxygen atoms in total. The second-order valence-electron chi connectivity index (χ2n) is 7.15. The Labute approximate surface area is 169 Å². The maximum absolute atomic E-state index is 12.7. The Hall–Kier alpha value is -3.42. The van der Waals surface area contributed by atoms with Gasteiger partial charge in [-0.3, -0.25) is 19.7 Å². The van der Waals surface area contributed by atoms with Crippen molar-refractivity contribution in [3.63, 3.8) is 0 Å². The van der Waals surface area contributed by atoms with E-state index in [1.807, 2.05) is 19.1 Å². The third kappa shape index (κ3) is 4.90. The molecule has 1 fully saturated rings. The molecule has 1 unspecified atom stereocenters. The number of carbonyl (C=O) groups is 2. The van der Waals surface area contributed by atoms with Crippen LogP contribution >= 0.6 is 0 Å². The van der Waals surface area contributed by atoms with Crippen LogP contribution in [0.25, 0.3) is 0 Å². The van der Waals surface area contributed by atoms with E-state index in [0.717, 1.165) is 11.3 Å². The van der Waals surface area contributed by atoms with Crippen molar-refractivity contribution in [1.29, 1.82) is 0 Å². The summed E-state index contributed by atoms with van der Waals surface area (Å²) in [5.41, 5.74) is 2.47. The summed E-state index contributed by atoms with van der Waals surface area (Å²) in [6.45, 7) is 5.92. The van der Waals surface area contributed by atoms with Gasteiger partial charge < -0.3 is 15.1 Å². The Balaban J connectivity index is 1.53. The van der Waals surface area contributed by atoms with Crippen molar-refractivity contribution in [3.05, 3.63) is 69.8 Å². The number of piperazine rings is 1. The van der Waals surface area contributed by atoms with E-state index in [-0.39, 0.29) is 17.5 Å². The zero-order chi connectivity index (χ0) is 21.0. The summed E-state index contributed by atoms with van der Waals surface area (Å²) in [6, 6.07) is 13.0. The second-order valence-corrected chi connectivity index (χ2v) is 7.15. The molecule has 1 aliphatic rings. The first kappa shape index (κ1) is 20.3. The van der Waals surface area contributed by atoms with Gasteiger partial charge in [0.25, 0.3) is 11.6 Å². The first-order valence-corrected chi connectivity index (χ1v) is 9.51. The van der Waals surface area contributed by atoms with E-state index in [9.17, 15) is 19.7 Å². The molecule has 0 saturated carbocycles. The first-order valence-electron chi connectivity index (χ1n) is 9.51. The van der Waals surface area contributed by atoms with Crippen LogP contribution in [-0.2, 0) is 4.79 Å². The van der Waals surface area contributed by atoms with E-state index in [1.54, 1.807) is 36.1 Å². The fraction of sp³-hybridized carbons (Fsp3) is 0.333. The van der Waals surface area contributed by atoms with Gasteiger partial charge in [0.1, 0.15) is 6.04 Å². The predicted molar refractivity (Wildman–Crippen MR) is 110 cm³/mol. The minimum absolute atomic E-state index is 0.0562. The number of nitrogens with zero attached hydrogens (tertiary/aromatic N) is 3. The second kappa shape index (κ2) is 8.72. The lowest BCUT2D eigenvalue weighted by Gasteiger charge is -2.37. The number of benzene rings is 2. The van der Waals surface area contributed by atoms with Gasteiger partial charge in [-0.05, 0) is 38.1 Å². The molecule has 1 N–H and O–H groups in total. The van der Waals surface area contributed by atoms with E-state index in [0.29, 0.717) is 31.7 Å². The van der Waals surface area contributed by atoms with Crippen LogP contribution in [0.2, 0.25) is 0 Å². The van der Waals surface area contributed by atoms with Crippen molar-refractivity contribution in [2.75, 3.05) is 31.1 Å². The molecule has 0 aliphatic carbocycles. The minimum atomic E-state index is -0.617. The lowest BCUT2D eigenvalue weighted by Crippen LogP contribution is -2.54. The van der Waals surface area contributed by atoms with Crippen LogP contribution in [0.1, 0.15) is 22.8 Å². The van der Waals surface area contributed by atoms with Gasteiger partial charge in [-0.25, -0.2) is 0 Å². The molecule has 2 amide bonds. The number of nitro groups is 1. The highest BCUT2D eigenvalue weighted by Crippen LogP contribution is 2.20. The summed E-state index contributed by atoms with van der Waals surface area (Å²) in [7, 11) is 0. The molecule has 2 aromatic rings. The van der Waals surface area contributed by atoms with Gasteiger partial charge in [-0.2, -0.15) is 0 Å². The van der Waals surface area contributed by atoms with Crippen molar-refractivity contribution in [1.82, 2.24) is 10.2 Å². The molecule has 0 radical (unpaired) electrons. The fourth-order valence-corrected chi connectivity index (χ4v) is 3.37. The maximum Gasteiger partial charge on any atom is 0.269 e. The first-order chi connectivity index (χ1) is 13.8. The number of non-ortho nitro benzene ring substituents is 1. The van der Waals surface area contributed by atoms with E-state index >= 15 is 0 Å². The number of anilines is 1. The standard InChI is InChI=1S/C21H24N4O4/c1-15-4-3-5-17(14-15)20(26)22-16(2)21(27)24-12-10-23(11-13-24)18-6-8-19(9-7-18)25(28)29/h3-9,14,16H,10-13H2,1-2H3,(H,22,26). The van der Waals surface area contributed by atoms with Gasteiger partial charge in [0.15, 0.2) is 0 Å². The molecule has 1 heterocycles. The molecular weight excluding hydrogens is 372 g/mol. The molecule has 3 rings (SSSR count). The van der Waals surface area contributed by atoms with Crippen molar-refractivity contribution >= 4 is 23.2 Å². The van der Waals surface area contributed by atoms with Crippen molar-refractivity contribution < 1.29 is 14.5 Å². The van der Waals surface area contributed by atoms with E-state index < -0.39 is 11.0 Å². The van der Waals surface area contributed by atoms with E-state index in [2.05, 4.69) is 10.2 Å². The van der Waals surface area contributed by atoms with Gasteiger partial charge in [-0.1, -0.05) is 17.7 Å². The molecule has 8 heteroatoms. The molecule has 29 heavy (non-hydrogen) atoms. The van der Waals surface area contributed by atoms with E-state index in [1.165, 1.54) is 12.1 Å². The highest BCUT2D eigenvalue weighted by Gasteiger charge is 2.26. The van der Waals surface area contributed by atoms with Gasteiger partial charge in [0.05, 0.1) is 4.92 Å². The molecule has 0 aromatic heterocycles.